The Hall–Kier alpha value is -1.61. The Morgan fingerprint density at radius 1 is 1.32 bits per heavy atom. The zero-order valence-electron chi connectivity index (χ0n) is 15.3. The van der Waals surface area contributed by atoms with Gasteiger partial charge in [0, 0.05) is 34.1 Å². The first kappa shape index (κ1) is 15.6. The van der Waals surface area contributed by atoms with Crippen molar-refractivity contribution in [2.24, 2.45) is 11.8 Å². The molecule has 3 fully saturated rings. The van der Waals surface area contributed by atoms with E-state index >= 15 is 0 Å². The molecule has 1 aliphatic heterocycles. The van der Waals surface area contributed by atoms with Gasteiger partial charge in [0.1, 0.15) is 5.83 Å². The molecule has 0 saturated heterocycles. The molecule has 1 aromatic heterocycles. The fourth-order valence-corrected chi connectivity index (χ4v) is 5.92. The summed E-state index contributed by atoms with van der Waals surface area (Å²) in [6.45, 7) is 6.22. The van der Waals surface area contributed by atoms with Crippen molar-refractivity contribution in [3.8, 4) is 0 Å². The number of hydrogen-bond acceptors (Lipinski definition) is 1. The number of rotatable bonds is 3. The highest BCUT2D eigenvalue weighted by Crippen LogP contribution is 2.64. The second-order valence-electron chi connectivity index (χ2n) is 8.63. The van der Waals surface area contributed by atoms with Crippen LogP contribution in [0.25, 0.3) is 10.9 Å². The van der Waals surface area contributed by atoms with E-state index in [0.29, 0.717) is 11.6 Å². The zero-order valence-corrected chi connectivity index (χ0v) is 15.3. The summed E-state index contributed by atoms with van der Waals surface area (Å²) >= 11 is 0. The first-order chi connectivity index (χ1) is 12.0. The number of para-hydroxylation sites is 1. The van der Waals surface area contributed by atoms with E-state index in [4.69, 9.17) is 0 Å². The van der Waals surface area contributed by atoms with Crippen molar-refractivity contribution in [2.75, 3.05) is 0 Å². The molecule has 3 atom stereocenters. The average molecular weight is 338 g/mol. The minimum atomic E-state index is -0.117. The highest BCUT2D eigenvalue weighted by Gasteiger charge is 2.63. The van der Waals surface area contributed by atoms with Crippen LogP contribution in [-0.2, 0) is 6.42 Å². The van der Waals surface area contributed by atoms with Gasteiger partial charge in [-0.15, -0.1) is 0 Å². The number of nitrogens with zero attached hydrogens (tertiary/aromatic N) is 1. The van der Waals surface area contributed by atoms with Crippen LogP contribution in [0.1, 0.15) is 57.3 Å². The lowest BCUT2D eigenvalue weighted by atomic mass is 9.48. The van der Waals surface area contributed by atoms with E-state index in [1.165, 1.54) is 41.4 Å². The largest absolute Gasteiger partial charge is 0.357 e. The van der Waals surface area contributed by atoms with Crippen LogP contribution in [0.5, 0.6) is 0 Å². The van der Waals surface area contributed by atoms with Crippen molar-refractivity contribution < 1.29 is 4.39 Å². The lowest BCUT2D eigenvalue weighted by Gasteiger charge is -2.70. The van der Waals surface area contributed by atoms with Gasteiger partial charge in [0.25, 0.3) is 0 Å². The molecule has 6 rings (SSSR count). The van der Waals surface area contributed by atoms with E-state index in [9.17, 15) is 4.39 Å². The van der Waals surface area contributed by atoms with Crippen LogP contribution in [0.2, 0.25) is 0 Å². The van der Waals surface area contributed by atoms with E-state index in [-0.39, 0.29) is 17.8 Å². The summed E-state index contributed by atoms with van der Waals surface area (Å²) in [7, 11) is 0. The predicted molar refractivity (Wildman–Crippen MR) is 100 cm³/mol. The lowest BCUT2D eigenvalue weighted by Crippen LogP contribution is -2.71. The highest BCUT2D eigenvalue weighted by molar-refractivity contribution is 5.85. The Bertz CT molecular complexity index is 847. The summed E-state index contributed by atoms with van der Waals surface area (Å²) in [4.78, 5) is 6.37. The summed E-state index contributed by atoms with van der Waals surface area (Å²) in [6, 6.07) is 9.13. The molecule has 0 radical (unpaired) electrons. The number of hydrogen-bond donors (Lipinski definition) is 1. The molecule has 2 nitrogen and oxygen atoms in total. The van der Waals surface area contributed by atoms with Gasteiger partial charge in [-0.05, 0) is 57.1 Å². The SMILES string of the molecule is C/C=C(/F)C(C)[C@@H]1c2[nH]c3ccccc3c2C[C@@H](C)N1C12CC(C1)C2. The molecule has 1 aromatic carbocycles. The van der Waals surface area contributed by atoms with Crippen LogP contribution in [-0.4, -0.2) is 21.5 Å². The molecule has 3 aliphatic carbocycles. The van der Waals surface area contributed by atoms with Gasteiger partial charge < -0.3 is 4.98 Å². The molecule has 0 spiro atoms. The molecule has 2 aromatic rings. The molecule has 1 unspecified atom stereocenters. The quantitative estimate of drug-likeness (QED) is 0.781. The number of halogens is 1. The van der Waals surface area contributed by atoms with Crippen molar-refractivity contribution in [1.29, 1.82) is 0 Å². The molecular weight excluding hydrogens is 311 g/mol. The molecule has 4 aliphatic rings. The predicted octanol–water partition coefficient (Wildman–Crippen LogP) is 5.52. The van der Waals surface area contributed by atoms with E-state index < -0.39 is 0 Å². The van der Waals surface area contributed by atoms with Gasteiger partial charge in [-0.2, -0.15) is 0 Å². The van der Waals surface area contributed by atoms with Gasteiger partial charge in [-0.1, -0.05) is 31.2 Å². The summed E-state index contributed by atoms with van der Waals surface area (Å²) in [5.41, 5.74) is 4.20. The van der Waals surface area contributed by atoms with E-state index in [1.54, 1.807) is 6.08 Å². The number of allylic oxidation sites excluding steroid dienone is 1. The number of benzene rings is 1. The Morgan fingerprint density at radius 3 is 2.68 bits per heavy atom. The fourth-order valence-electron chi connectivity index (χ4n) is 5.92. The second kappa shape index (κ2) is 5.20. The van der Waals surface area contributed by atoms with Crippen molar-refractivity contribution in [3.05, 3.63) is 47.4 Å². The van der Waals surface area contributed by atoms with Crippen molar-refractivity contribution in [1.82, 2.24) is 9.88 Å². The van der Waals surface area contributed by atoms with Crippen LogP contribution in [0.3, 0.4) is 0 Å². The Morgan fingerprint density at radius 2 is 2.04 bits per heavy atom. The van der Waals surface area contributed by atoms with Crippen LogP contribution in [0.4, 0.5) is 4.39 Å². The van der Waals surface area contributed by atoms with Gasteiger partial charge >= 0.3 is 0 Å². The number of aromatic amines is 1. The molecule has 2 bridgehead atoms. The topological polar surface area (TPSA) is 19.0 Å². The molecule has 2 heterocycles. The van der Waals surface area contributed by atoms with Crippen molar-refractivity contribution in [2.45, 2.75) is 64.1 Å². The third-order valence-electron chi connectivity index (χ3n) is 7.15. The van der Waals surface area contributed by atoms with E-state index in [0.717, 1.165) is 12.3 Å². The van der Waals surface area contributed by atoms with Gasteiger partial charge in [-0.25, -0.2) is 4.39 Å². The first-order valence-electron chi connectivity index (χ1n) is 9.73. The lowest BCUT2D eigenvalue weighted by molar-refractivity contribution is -0.186. The van der Waals surface area contributed by atoms with E-state index in [1.807, 2.05) is 6.92 Å². The third kappa shape index (κ3) is 1.99. The van der Waals surface area contributed by atoms with Crippen molar-refractivity contribution in [3.63, 3.8) is 0 Å². The van der Waals surface area contributed by atoms with Gasteiger partial charge in [0.15, 0.2) is 0 Å². The highest BCUT2D eigenvalue weighted by atomic mass is 19.1. The minimum absolute atomic E-state index is 0.0142. The number of H-pyrrole nitrogens is 1. The van der Waals surface area contributed by atoms with Crippen LogP contribution < -0.4 is 0 Å². The monoisotopic (exact) mass is 338 g/mol. The molecule has 1 N–H and O–H groups in total. The maximum Gasteiger partial charge on any atom is 0.100 e. The number of nitrogens with one attached hydrogen (secondary N) is 1. The fraction of sp³-hybridized carbons (Fsp3) is 0.545. The van der Waals surface area contributed by atoms with Crippen molar-refractivity contribution >= 4 is 10.9 Å². The Labute approximate surface area is 149 Å². The minimum Gasteiger partial charge on any atom is -0.357 e. The molecule has 25 heavy (non-hydrogen) atoms. The summed E-state index contributed by atoms with van der Waals surface area (Å²) in [5.74, 6) is 0.827. The molecular formula is C22H27FN2. The van der Waals surface area contributed by atoms with Gasteiger partial charge in [0.05, 0.1) is 6.04 Å². The normalized spacial score (nSPS) is 35.8. The Kier molecular flexibility index (Phi) is 3.25. The summed E-state index contributed by atoms with van der Waals surface area (Å²) in [5, 5.41) is 1.32. The summed E-state index contributed by atoms with van der Waals surface area (Å²) < 4.78 is 14.7. The van der Waals surface area contributed by atoms with E-state index in [2.05, 4.69) is 48.0 Å². The zero-order chi connectivity index (χ0) is 17.3. The Balaban J connectivity index is 1.68. The standard InChI is InChI=1S/C22H27FN2/c1-4-18(23)14(3)21-20-17(16-7-5-6-8-19(16)24-20)9-13(2)25(21)22-10-15(11-22)12-22/h4-8,13-15,21,24H,9-12H2,1-3H3/b18-4+/t13-,14?,15?,21-,22?/m1/s1. The van der Waals surface area contributed by atoms with Crippen LogP contribution in [0.15, 0.2) is 36.2 Å². The van der Waals surface area contributed by atoms with Gasteiger partial charge in [-0.3, -0.25) is 4.90 Å². The second-order valence-corrected chi connectivity index (χ2v) is 8.63. The maximum atomic E-state index is 14.7. The number of fused-ring (bicyclic) bond motifs is 3. The molecule has 3 heteroatoms. The maximum absolute atomic E-state index is 14.7. The molecule has 132 valence electrons. The smallest absolute Gasteiger partial charge is 0.100 e. The molecule has 0 amide bonds. The van der Waals surface area contributed by atoms with Crippen LogP contribution in [0, 0.1) is 11.8 Å². The third-order valence-corrected chi connectivity index (χ3v) is 7.15. The molecule has 3 saturated carbocycles. The van der Waals surface area contributed by atoms with Gasteiger partial charge in [0.2, 0.25) is 0 Å². The number of aromatic nitrogens is 1. The van der Waals surface area contributed by atoms with Crippen LogP contribution >= 0.6 is 0 Å². The summed E-state index contributed by atoms with van der Waals surface area (Å²) in [6.07, 6.45) is 6.65. The average Bonchev–Trinajstić information content (AvgIpc) is 2.89. The first-order valence-corrected chi connectivity index (χ1v) is 9.73.